The second kappa shape index (κ2) is 4.73. The van der Waals surface area contributed by atoms with Crippen molar-refractivity contribution >= 4 is 0 Å². The second-order valence-corrected chi connectivity index (χ2v) is 2.99. The number of rotatable bonds is 5. The number of hydrogen-bond donors (Lipinski definition) is 1. The third kappa shape index (κ3) is 2.17. The highest BCUT2D eigenvalue weighted by atomic mass is 16.5. The first-order valence-corrected chi connectivity index (χ1v) is 4.39. The van der Waals surface area contributed by atoms with Crippen LogP contribution in [0.5, 0.6) is 0 Å². The van der Waals surface area contributed by atoms with Crippen molar-refractivity contribution in [1.29, 1.82) is 0 Å². The molecule has 0 fully saturated rings. The standard InChI is InChI=1S/C9H21NO/c1-6-9(7-2,11-5)8(3)10-4/h8,10H,6-7H2,1-5H3. The molecule has 68 valence electrons. The van der Waals surface area contributed by atoms with Gasteiger partial charge in [0.05, 0.1) is 5.60 Å². The molecule has 0 radical (unpaired) electrons. The van der Waals surface area contributed by atoms with Crippen LogP contribution in [0, 0.1) is 0 Å². The van der Waals surface area contributed by atoms with Gasteiger partial charge in [0.1, 0.15) is 0 Å². The molecule has 0 rings (SSSR count). The second-order valence-electron chi connectivity index (χ2n) is 2.99. The van der Waals surface area contributed by atoms with Crippen LogP contribution >= 0.6 is 0 Å². The number of ether oxygens (including phenoxy) is 1. The summed E-state index contributed by atoms with van der Waals surface area (Å²) in [5.74, 6) is 0. The van der Waals surface area contributed by atoms with Gasteiger partial charge in [0, 0.05) is 13.2 Å². The average molecular weight is 159 g/mol. The lowest BCUT2D eigenvalue weighted by Crippen LogP contribution is -2.48. The van der Waals surface area contributed by atoms with E-state index >= 15 is 0 Å². The van der Waals surface area contributed by atoms with Gasteiger partial charge >= 0.3 is 0 Å². The Hall–Kier alpha value is -0.0800. The molecule has 0 aliphatic heterocycles. The van der Waals surface area contributed by atoms with Crippen LogP contribution in [0.2, 0.25) is 0 Å². The molecule has 2 heteroatoms. The molecule has 1 unspecified atom stereocenters. The van der Waals surface area contributed by atoms with Crippen molar-refractivity contribution in [1.82, 2.24) is 5.32 Å². The fourth-order valence-corrected chi connectivity index (χ4v) is 1.59. The van der Waals surface area contributed by atoms with Gasteiger partial charge in [0.2, 0.25) is 0 Å². The lowest BCUT2D eigenvalue weighted by Gasteiger charge is -2.36. The van der Waals surface area contributed by atoms with Crippen LogP contribution in [-0.2, 0) is 4.74 Å². The summed E-state index contributed by atoms with van der Waals surface area (Å²) in [4.78, 5) is 0. The normalized spacial score (nSPS) is 15.0. The van der Waals surface area contributed by atoms with Crippen LogP contribution in [0.3, 0.4) is 0 Å². The van der Waals surface area contributed by atoms with Gasteiger partial charge in [-0.25, -0.2) is 0 Å². The Morgan fingerprint density at radius 3 is 1.91 bits per heavy atom. The monoisotopic (exact) mass is 159 g/mol. The number of hydrogen-bond acceptors (Lipinski definition) is 2. The number of methoxy groups -OCH3 is 1. The van der Waals surface area contributed by atoms with Crippen LogP contribution in [0.15, 0.2) is 0 Å². The van der Waals surface area contributed by atoms with Crippen molar-refractivity contribution in [3.63, 3.8) is 0 Å². The Balaban J connectivity index is 4.26. The fourth-order valence-electron chi connectivity index (χ4n) is 1.59. The van der Waals surface area contributed by atoms with E-state index in [4.69, 9.17) is 4.74 Å². The van der Waals surface area contributed by atoms with Gasteiger partial charge in [-0.2, -0.15) is 0 Å². The Morgan fingerprint density at radius 1 is 1.36 bits per heavy atom. The Morgan fingerprint density at radius 2 is 1.82 bits per heavy atom. The summed E-state index contributed by atoms with van der Waals surface area (Å²) in [6.45, 7) is 6.50. The van der Waals surface area contributed by atoms with E-state index in [0.717, 1.165) is 12.8 Å². The summed E-state index contributed by atoms with van der Waals surface area (Å²) in [6, 6.07) is 0.419. The molecule has 0 bridgehead atoms. The maximum absolute atomic E-state index is 5.53. The zero-order valence-corrected chi connectivity index (χ0v) is 8.40. The Labute approximate surface area is 70.3 Å². The first-order chi connectivity index (χ1) is 5.16. The third-order valence-corrected chi connectivity index (χ3v) is 2.83. The zero-order valence-electron chi connectivity index (χ0n) is 8.40. The highest BCUT2D eigenvalue weighted by Gasteiger charge is 2.31. The van der Waals surface area contributed by atoms with Crippen LogP contribution in [0.25, 0.3) is 0 Å². The quantitative estimate of drug-likeness (QED) is 0.660. The van der Waals surface area contributed by atoms with Crippen LogP contribution in [0.1, 0.15) is 33.6 Å². The van der Waals surface area contributed by atoms with Gasteiger partial charge in [0.25, 0.3) is 0 Å². The maximum atomic E-state index is 5.53. The van der Waals surface area contributed by atoms with E-state index in [2.05, 4.69) is 26.1 Å². The van der Waals surface area contributed by atoms with Gasteiger partial charge in [0.15, 0.2) is 0 Å². The molecule has 0 amide bonds. The van der Waals surface area contributed by atoms with Gasteiger partial charge in [-0.15, -0.1) is 0 Å². The van der Waals surface area contributed by atoms with E-state index in [-0.39, 0.29) is 5.60 Å². The predicted octanol–water partition coefficient (Wildman–Crippen LogP) is 1.80. The maximum Gasteiger partial charge on any atom is 0.0822 e. The minimum absolute atomic E-state index is 0.0226. The summed E-state index contributed by atoms with van der Waals surface area (Å²) in [7, 11) is 3.77. The van der Waals surface area contributed by atoms with Crippen LogP contribution < -0.4 is 5.32 Å². The molecule has 0 spiro atoms. The largest absolute Gasteiger partial charge is 0.377 e. The lowest BCUT2D eigenvalue weighted by molar-refractivity contribution is -0.0408. The summed E-state index contributed by atoms with van der Waals surface area (Å²) >= 11 is 0. The molecule has 0 heterocycles. The van der Waals surface area contributed by atoms with E-state index < -0.39 is 0 Å². The SMILES string of the molecule is CCC(CC)(OC)C(C)NC. The predicted molar refractivity (Wildman–Crippen MR) is 48.8 cm³/mol. The van der Waals surface area contributed by atoms with E-state index in [0.29, 0.717) is 6.04 Å². The Bertz CT molecular complexity index is 91.5. The topological polar surface area (TPSA) is 21.3 Å². The van der Waals surface area contributed by atoms with Crippen molar-refractivity contribution in [3.05, 3.63) is 0 Å². The van der Waals surface area contributed by atoms with Crippen molar-refractivity contribution in [2.24, 2.45) is 0 Å². The summed E-state index contributed by atoms with van der Waals surface area (Å²) in [5, 5.41) is 3.23. The minimum atomic E-state index is 0.0226. The minimum Gasteiger partial charge on any atom is -0.377 e. The van der Waals surface area contributed by atoms with Crippen molar-refractivity contribution in [2.45, 2.75) is 45.3 Å². The van der Waals surface area contributed by atoms with Crippen molar-refractivity contribution in [2.75, 3.05) is 14.2 Å². The molecule has 0 saturated heterocycles. The average Bonchev–Trinajstić information content (AvgIpc) is 2.08. The van der Waals surface area contributed by atoms with Crippen LogP contribution in [-0.4, -0.2) is 25.8 Å². The molecule has 0 aromatic rings. The van der Waals surface area contributed by atoms with Crippen molar-refractivity contribution < 1.29 is 4.74 Å². The third-order valence-electron chi connectivity index (χ3n) is 2.83. The highest BCUT2D eigenvalue weighted by molar-refractivity contribution is 4.87. The molecular formula is C9H21NO. The summed E-state index contributed by atoms with van der Waals surface area (Å²) in [5.41, 5.74) is 0.0226. The van der Waals surface area contributed by atoms with E-state index in [1.165, 1.54) is 0 Å². The molecule has 0 aromatic heterocycles. The first kappa shape index (κ1) is 10.9. The summed E-state index contributed by atoms with van der Waals surface area (Å²) < 4.78 is 5.53. The molecule has 0 aromatic carbocycles. The smallest absolute Gasteiger partial charge is 0.0822 e. The van der Waals surface area contributed by atoms with Gasteiger partial charge < -0.3 is 10.1 Å². The molecule has 0 aliphatic rings. The Kier molecular flexibility index (Phi) is 4.69. The fraction of sp³-hybridized carbons (Fsp3) is 1.00. The first-order valence-electron chi connectivity index (χ1n) is 4.39. The highest BCUT2D eigenvalue weighted by Crippen LogP contribution is 2.23. The van der Waals surface area contributed by atoms with Gasteiger partial charge in [-0.3, -0.25) is 0 Å². The molecule has 0 aliphatic carbocycles. The van der Waals surface area contributed by atoms with Gasteiger partial charge in [-0.05, 0) is 26.8 Å². The number of likely N-dealkylation sites (N-methyl/N-ethyl adjacent to an activating group) is 1. The molecule has 2 nitrogen and oxygen atoms in total. The van der Waals surface area contributed by atoms with E-state index in [1.807, 2.05) is 7.05 Å². The molecule has 1 atom stereocenters. The zero-order chi connectivity index (χ0) is 8.91. The lowest BCUT2D eigenvalue weighted by atomic mass is 9.89. The van der Waals surface area contributed by atoms with E-state index in [1.54, 1.807) is 7.11 Å². The molecule has 1 N–H and O–H groups in total. The number of nitrogens with one attached hydrogen (secondary N) is 1. The van der Waals surface area contributed by atoms with Crippen molar-refractivity contribution in [3.8, 4) is 0 Å². The summed E-state index contributed by atoms with van der Waals surface area (Å²) in [6.07, 6.45) is 2.12. The molecule has 11 heavy (non-hydrogen) atoms. The van der Waals surface area contributed by atoms with E-state index in [9.17, 15) is 0 Å². The van der Waals surface area contributed by atoms with Gasteiger partial charge in [-0.1, -0.05) is 13.8 Å². The molecule has 0 saturated carbocycles. The van der Waals surface area contributed by atoms with Crippen LogP contribution in [0.4, 0.5) is 0 Å². The molecular weight excluding hydrogens is 138 g/mol.